The Morgan fingerprint density at radius 3 is 0.764 bits per heavy atom. The minimum absolute atomic E-state index is 0.104. The summed E-state index contributed by atoms with van der Waals surface area (Å²) in [6.07, 6.45) is 47.8. The molecule has 0 fully saturated rings. The lowest BCUT2D eigenvalue weighted by Gasteiger charge is -2.21. The molecule has 0 saturated carbocycles. The monoisotopic (exact) mass is 1310 g/mol. The number of phosphoric ester groups is 2. The average molecular weight is 1310 g/mol. The molecule has 0 aromatic rings. The second-order valence-corrected chi connectivity index (χ2v) is 29.1. The fraction of sp³-hybridized carbons (Fsp3) is 0.943. The Bertz CT molecular complexity index is 1730. The van der Waals surface area contributed by atoms with Gasteiger partial charge in [-0.2, -0.15) is 0 Å². The van der Waals surface area contributed by atoms with Gasteiger partial charge < -0.3 is 33.8 Å². The number of phosphoric acid groups is 2. The van der Waals surface area contributed by atoms with Crippen molar-refractivity contribution in [1.29, 1.82) is 0 Å². The van der Waals surface area contributed by atoms with E-state index in [1.807, 2.05) is 0 Å². The van der Waals surface area contributed by atoms with Crippen LogP contribution in [0, 0.1) is 11.8 Å². The Balaban J connectivity index is 5.10. The lowest BCUT2D eigenvalue weighted by molar-refractivity contribution is -0.161. The number of carbonyl (C=O) groups excluding carboxylic acids is 4. The largest absolute Gasteiger partial charge is 0.472 e. The van der Waals surface area contributed by atoms with E-state index in [-0.39, 0.29) is 25.7 Å². The van der Waals surface area contributed by atoms with Crippen molar-refractivity contribution in [3.8, 4) is 0 Å². The summed E-state index contributed by atoms with van der Waals surface area (Å²) in [5.74, 6) is -0.537. The summed E-state index contributed by atoms with van der Waals surface area (Å²) >= 11 is 0. The molecular weight excluding hydrogens is 1170 g/mol. The molecule has 17 nitrogen and oxygen atoms in total. The molecule has 3 N–H and O–H groups in total. The van der Waals surface area contributed by atoms with Crippen molar-refractivity contribution in [3.05, 3.63) is 0 Å². The first kappa shape index (κ1) is 87.1. The Morgan fingerprint density at radius 2 is 0.517 bits per heavy atom. The van der Waals surface area contributed by atoms with Crippen LogP contribution in [0.25, 0.3) is 0 Å². The molecule has 0 aliphatic rings. The van der Waals surface area contributed by atoms with Crippen LogP contribution in [0.3, 0.4) is 0 Å². The number of aliphatic hydroxyl groups is 1. The van der Waals surface area contributed by atoms with Gasteiger partial charge in [0.2, 0.25) is 0 Å². The molecule has 2 unspecified atom stereocenters. The van der Waals surface area contributed by atoms with Crippen LogP contribution in [0.5, 0.6) is 0 Å². The molecule has 0 aliphatic heterocycles. The zero-order valence-electron chi connectivity index (χ0n) is 57.7. The molecule has 0 rings (SSSR count). The molecule has 0 radical (unpaired) electrons. The molecule has 528 valence electrons. The Hall–Kier alpha value is -1.94. The van der Waals surface area contributed by atoms with Gasteiger partial charge in [-0.25, -0.2) is 9.13 Å². The van der Waals surface area contributed by atoms with Crippen LogP contribution in [-0.4, -0.2) is 96.7 Å². The van der Waals surface area contributed by atoms with Crippen LogP contribution >= 0.6 is 15.6 Å². The van der Waals surface area contributed by atoms with E-state index < -0.39 is 97.5 Å². The third-order valence-electron chi connectivity index (χ3n) is 16.2. The highest BCUT2D eigenvalue weighted by Gasteiger charge is 2.30. The van der Waals surface area contributed by atoms with Crippen LogP contribution in [0.2, 0.25) is 0 Å². The number of hydrogen-bond donors (Lipinski definition) is 3. The van der Waals surface area contributed by atoms with Crippen molar-refractivity contribution in [3.63, 3.8) is 0 Å². The van der Waals surface area contributed by atoms with Crippen molar-refractivity contribution in [2.24, 2.45) is 11.8 Å². The second-order valence-electron chi connectivity index (χ2n) is 26.2. The predicted octanol–water partition coefficient (Wildman–Crippen LogP) is 20.0. The molecule has 0 aliphatic carbocycles. The second kappa shape index (κ2) is 62.2. The van der Waals surface area contributed by atoms with Crippen LogP contribution in [0.1, 0.15) is 356 Å². The Kier molecular flexibility index (Phi) is 60.8. The van der Waals surface area contributed by atoms with Gasteiger partial charge in [0.1, 0.15) is 19.3 Å². The SMILES string of the molecule is CCCCCCCCCCC(=O)O[C@H](COC(=O)CCCCCCC)COP(=O)(O)OC[C@H](O)COP(=O)(O)OC[C@@H](COC(=O)CCCCCCCCCCCCCCC(C)C)OC(=O)CCCCCCCCCCCCCCCCCCCCC(C)C. The van der Waals surface area contributed by atoms with Gasteiger partial charge in [0.05, 0.1) is 26.4 Å². The third-order valence-corrected chi connectivity index (χ3v) is 18.1. The number of rotatable bonds is 69. The summed E-state index contributed by atoms with van der Waals surface area (Å²) in [5.41, 5.74) is 0. The lowest BCUT2D eigenvalue weighted by atomic mass is 10.0. The molecule has 0 saturated heterocycles. The fourth-order valence-electron chi connectivity index (χ4n) is 10.6. The highest BCUT2D eigenvalue weighted by atomic mass is 31.2. The van der Waals surface area contributed by atoms with Crippen molar-refractivity contribution in [2.45, 2.75) is 374 Å². The first-order valence-corrected chi connectivity index (χ1v) is 39.5. The molecule has 5 atom stereocenters. The number of hydrogen-bond acceptors (Lipinski definition) is 15. The highest BCUT2D eigenvalue weighted by Crippen LogP contribution is 2.45. The summed E-state index contributed by atoms with van der Waals surface area (Å²) in [6, 6.07) is 0. The topological polar surface area (TPSA) is 237 Å². The molecule has 0 heterocycles. The first-order chi connectivity index (χ1) is 42.9. The minimum Gasteiger partial charge on any atom is -0.462 e. The van der Waals surface area contributed by atoms with Crippen LogP contribution in [-0.2, 0) is 65.4 Å². The predicted molar refractivity (Wildman–Crippen MR) is 358 cm³/mol. The third kappa shape index (κ3) is 64.6. The van der Waals surface area contributed by atoms with Gasteiger partial charge in [-0.1, -0.05) is 305 Å². The van der Waals surface area contributed by atoms with Gasteiger partial charge in [-0.15, -0.1) is 0 Å². The van der Waals surface area contributed by atoms with Crippen molar-refractivity contribution in [2.75, 3.05) is 39.6 Å². The van der Waals surface area contributed by atoms with Gasteiger partial charge in [-0.05, 0) is 37.5 Å². The van der Waals surface area contributed by atoms with Gasteiger partial charge in [-0.3, -0.25) is 37.3 Å². The van der Waals surface area contributed by atoms with Gasteiger partial charge in [0.25, 0.3) is 0 Å². The zero-order valence-corrected chi connectivity index (χ0v) is 59.5. The number of esters is 4. The summed E-state index contributed by atoms with van der Waals surface area (Å²) in [5, 5.41) is 10.5. The Morgan fingerprint density at radius 1 is 0.303 bits per heavy atom. The summed E-state index contributed by atoms with van der Waals surface area (Å²) in [4.78, 5) is 72.1. The van der Waals surface area contributed by atoms with Crippen LogP contribution in [0.15, 0.2) is 0 Å². The molecule has 0 aromatic heterocycles. The fourth-order valence-corrected chi connectivity index (χ4v) is 12.2. The molecule has 0 spiro atoms. The van der Waals surface area contributed by atoms with Crippen molar-refractivity contribution >= 4 is 39.5 Å². The number of aliphatic hydroxyl groups excluding tert-OH is 1. The summed E-state index contributed by atoms with van der Waals surface area (Å²) in [7, 11) is -9.88. The maximum atomic E-state index is 13.0. The van der Waals surface area contributed by atoms with Crippen LogP contribution in [0.4, 0.5) is 0 Å². The van der Waals surface area contributed by atoms with Gasteiger partial charge in [0.15, 0.2) is 12.2 Å². The molecule has 19 heteroatoms. The highest BCUT2D eigenvalue weighted by molar-refractivity contribution is 7.47. The quantitative estimate of drug-likeness (QED) is 0.0222. The van der Waals surface area contributed by atoms with E-state index in [0.717, 1.165) is 115 Å². The molecule has 0 aromatic carbocycles. The average Bonchev–Trinajstić information content (AvgIpc) is 3.65. The summed E-state index contributed by atoms with van der Waals surface area (Å²) in [6.45, 7) is 9.47. The Labute approximate surface area is 543 Å². The molecular formula is C70H136O17P2. The standard InChI is InChI=1S/C70H136O17P2/c1-7-9-11-13-14-35-42-48-54-69(74)86-65(58-80-67(72)52-46-38-12-10-8-2)60-84-88(76,77)82-56-64(71)57-83-89(78,79)85-61-66(59-81-68(73)53-47-41-36-31-27-24-23-26-30-34-40-45-51-63(5)6)87-70(75)55-49-43-37-32-28-22-20-18-16-15-17-19-21-25-29-33-39-44-50-62(3)4/h62-66,71H,7-61H2,1-6H3,(H,76,77)(H,78,79)/t64-,65+,66+/m0/s1. The lowest BCUT2D eigenvalue weighted by Crippen LogP contribution is -2.30. The number of ether oxygens (including phenoxy) is 4. The summed E-state index contributed by atoms with van der Waals surface area (Å²) < 4.78 is 67.9. The maximum absolute atomic E-state index is 13.0. The van der Waals surface area contributed by atoms with E-state index in [4.69, 9.17) is 37.0 Å². The van der Waals surface area contributed by atoms with E-state index in [0.29, 0.717) is 25.7 Å². The van der Waals surface area contributed by atoms with Crippen molar-refractivity contribution in [1.82, 2.24) is 0 Å². The van der Waals surface area contributed by atoms with E-state index >= 15 is 0 Å². The van der Waals surface area contributed by atoms with Gasteiger partial charge in [0, 0.05) is 25.7 Å². The molecule has 89 heavy (non-hydrogen) atoms. The van der Waals surface area contributed by atoms with E-state index in [1.54, 1.807) is 0 Å². The van der Waals surface area contributed by atoms with E-state index in [1.165, 1.54) is 161 Å². The van der Waals surface area contributed by atoms with E-state index in [2.05, 4.69) is 41.5 Å². The smallest absolute Gasteiger partial charge is 0.462 e. The van der Waals surface area contributed by atoms with Crippen LogP contribution < -0.4 is 0 Å². The normalized spacial score (nSPS) is 14.1. The maximum Gasteiger partial charge on any atom is 0.472 e. The van der Waals surface area contributed by atoms with Gasteiger partial charge >= 0.3 is 39.5 Å². The molecule has 0 amide bonds. The first-order valence-electron chi connectivity index (χ1n) is 36.5. The minimum atomic E-state index is -4.95. The van der Waals surface area contributed by atoms with Crippen molar-refractivity contribution < 1.29 is 80.2 Å². The molecule has 0 bridgehead atoms. The van der Waals surface area contributed by atoms with E-state index in [9.17, 15) is 43.2 Å². The number of unbranched alkanes of at least 4 members (excludes halogenated alkanes) is 39. The number of carbonyl (C=O) groups is 4. The zero-order chi connectivity index (χ0) is 65.7.